The first-order valence-corrected chi connectivity index (χ1v) is 10.7. The van der Waals surface area contributed by atoms with E-state index in [2.05, 4.69) is 31.7 Å². The van der Waals surface area contributed by atoms with Gasteiger partial charge in [-0.2, -0.15) is 10.2 Å². The Kier molecular flexibility index (Phi) is 10.9. The number of hydrogen-bond donors (Lipinski definition) is 4. The van der Waals surface area contributed by atoms with Crippen molar-refractivity contribution in [2.45, 2.75) is 53.2 Å². The third kappa shape index (κ3) is 9.63. The lowest BCUT2D eigenvalue weighted by Crippen LogP contribution is -2.51. The van der Waals surface area contributed by atoms with Crippen LogP contribution in [0.5, 0.6) is 0 Å². The zero-order valence-corrected chi connectivity index (χ0v) is 20.1. The highest BCUT2D eigenvalue weighted by molar-refractivity contribution is 7.80. The molecule has 1 fully saturated rings. The van der Waals surface area contributed by atoms with E-state index < -0.39 is 17.8 Å². The summed E-state index contributed by atoms with van der Waals surface area (Å²) in [6.07, 6.45) is -0.909. The average Bonchev–Trinajstić information content (AvgIpc) is 2.66. The number of nitrogens with one attached hydrogen (secondary N) is 4. The Morgan fingerprint density at radius 3 is 2.23 bits per heavy atom. The van der Waals surface area contributed by atoms with Gasteiger partial charge >= 0.3 is 6.09 Å². The van der Waals surface area contributed by atoms with Crippen LogP contribution in [0.25, 0.3) is 0 Å². The van der Waals surface area contributed by atoms with Crippen LogP contribution in [0.3, 0.4) is 0 Å². The molecule has 0 spiro atoms. The Labute approximate surface area is 189 Å². The maximum atomic E-state index is 12.5. The van der Waals surface area contributed by atoms with E-state index in [0.29, 0.717) is 47.9 Å². The molecule has 0 aromatic rings. The van der Waals surface area contributed by atoms with Crippen LogP contribution in [0.15, 0.2) is 10.2 Å². The molecule has 1 aliphatic rings. The van der Waals surface area contributed by atoms with Gasteiger partial charge in [0.15, 0.2) is 10.2 Å². The summed E-state index contributed by atoms with van der Waals surface area (Å²) in [5.74, 6) is 0. The molecule has 170 valence electrons. The molecule has 1 unspecified atom stereocenters. The quantitative estimate of drug-likeness (QED) is 0.265. The summed E-state index contributed by atoms with van der Waals surface area (Å²) in [6, 6.07) is 0. The number of hydrazone groups is 2. The highest BCUT2D eigenvalue weighted by Crippen LogP contribution is 2.14. The van der Waals surface area contributed by atoms with E-state index in [-0.39, 0.29) is 6.54 Å². The summed E-state index contributed by atoms with van der Waals surface area (Å²) < 4.78 is 11.4. The van der Waals surface area contributed by atoms with Crippen LogP contribution in [-0.4, -0.2) is 77.1 Å². The van der Waals surface area contributed by atoms with Crippen molar-refractivity contribution in [1.29, 1.82) is 0 Å². The first kappa shape index (κ1) is 26.0. The number of ether oxygens (including phenoxy) is 2. The molecular weight excluding hydrogens is 426 g/mol. The van der Waals surface area contributed by atoms with E-state index in [1.165, 1.54) is 0 Å². The number of rotatable bonds is 6. The molecular formula is C18H33N7O3S2. The first-order valence-electron chi connectivity index (χ1n) is 9.86. The molecule has 1 heterocycles. The summed E-state index contributed by atoms with van der Waals surface area (Å²) in [4.78, 5) is 14.1. The standard InChI is InChI=1S/C18H33N7O3S2/c1-7-19-15(29)23-21-12(3)14(22-24-16(30)20-8-2)13-11-25(9-10-27-13)17(26)28-18(4,5)6/h13H,7-11H2,1-6H3,(H2,19,23,29)(H2,20,24,30)/b21-12+,22-14+. The SMILES string of the molecule is CCNC(=S)N/N=C(C)/C(=N\NC(=S)NCC)C1CN(C(=O)OC(C)(C)C)CCO1. The lowest BCUT2D eigenvalue weighted by atomic mass is 10.1. The van der Waals surface area contributed by atoms with Gasteiger partial charge in [-0.3, -0.25) is 10.9 Å². The zero-order valence-electron chi connectivity index (χ0n) is 18.5. The van der Waals surface area contributed by atoms with Crippen LogP contribution >= 0.6 is 24.4 Å². The van der Waals surface area contributed by atoms with Crippen molar-refractivity contribution in [2.75, 3.05) is 32.8 Å². The molecule has 0 radical (unpaired) electrons. The second-order valence-corrected chi connectivity index (χ2v) is 8.24. The molecule has 0 saturated carbocycles. The Morgan fingerprint density at radius 2 is 1.70 bits per heavy atom. The molecule has 1 rings (SSSR count). The van der Waals surface area contributed by atoms with Gasteiger partial charge in [0, 0.05) is 19.6 Å². The van der Waals surface area contributed by atoms with Crippen molar-refractivity contribution in [3.63, 3.8) is 0 Å². The summed E-state index contributed by atoms with van der Waals surface area (Å²) in [5, 5.41) is 15.4. The van der Waals surface area contributed by atoms with Gasteiger partial charge in [-0.1, -0.05) is 0 Å². The fourth-order valence-corrected chi connectivity index (χ4v) is 2.78. The molecule has 0 aromatic heterocycles. The lowest BCUT2D eigenvalue weighted by Gasteiger charge is -2.34. The Bertz CT molecular complexity index is 677. The Balaban J connectivity index is 3.00. The van der Waals surface area contributed by atoms with Crippen molar-refractivity contribution in [2.24, 2.45) is 10.2 Å². The van der Waals surface area contributed by atoms with Crippen LogP contribution in [0, 0.1) is 0 Å². The summed E-state index contributed by atoms with van der Waals surface area (Å²) in [7, 11) is 0. The monoisotopic (exact) mass is 459 g/mol. The second kappa shape index (κ2) is 12.6. The molecule has 12 heteroatoms. The number of thiocarbonyl (C=S) groups is 2. The van der Waals surface area contributed by atoms with E-state index in [9.17, 15) is 4.79 Å². The second-order valence-electron chi connectivity index (χ2n) is 7.42. The summed E-state index contributed by atoms with van der Waals surface area (Å²) in [6.45, 7) is 13.5. The highest BCUT2D eigenvalue weighted by Gasteiger charge is 2.32. The van der Waals surface area contributed by atoms with Gasteiger partial charge in [0.25, 0.3) is 0 Å². The van der Waals surface area contributed by atoms with Crippen molar-refractivity contribution >= 4 is 52.2 Å². The van der Waals surface area contributed by atoms with E-state index in [0.717, 1.165) is 0 Å². The van der Waals surface area contributed by atoms with Crippen LogP contribution in [0.4, 0.5) is 4.79 Å². The summed E-state index contributed by atoms with van der Waals surface area (Å²) >= 11 is 10.3. The highest BCUT2D eigenvalue weighted by atomic mass is 32.1. The number of carbonyl (C=O) groups is 1. The molecule has 0 bridgehead atoms. The predicted molar refractivity (Wildman–Crippen MR) is 127 cm³/mol. The maximum absolute atomic E-state index is 12.5. The molecule has 30 heavy (non-hydrogen) atoms. The third-order valence-corrected chi connectivity index (χ3v) is 4.14. The molecule has 1 saturated heterocycles. The minimum absolute atomic E-state index is 0.272. The third-order valence-electron chi connectivity index (χ3n) is 3.67. The van der Waals surface area contributed by atoms with Gasteiger partial charge in [-0.05, 0) is 66.0 Å². The fraction of sp³-hybridized carbons (Fsp3) is 0.722. The van der Waals surface area contributed by atoms with Crippen LogP contribution in [0.2, 0.25) is 0 Å². The van der Waals surface area contributed by atoms with Gasteiger partial charge in [-0.15, -0.1) is 0 Å². The zero-order chi connectivity index (χ0) is 22.7. The topological polar surface area (TPSA) is 112 Å². The van der Waals surface area contributed by atoms with Gasteiger partial charge in [0.2, 0.25) is 0 Å². The van der Waals surface area contributed by atoms with Gasteiger partial charge in [0.05, 0.1) is 18.9 Å². The van der Waals surface area contributed by atoms with Crippen molar-refractivity contribution in [3.05, 3.63) is 0 Å². The number of hydrogen-bond acceptors (Lipinski definition) is 7. The van der Waals surface area contributed by atoms with Crippen molar-refractivity contribution in [1.82, 2.24) is 26.4 Å². The van der Waals surface area contributed by atoms with Crippen LogP contribution in [0.1, 0.15) is 41.5 Å². The number of carbonyl (C=O) groups excluding carboxylic acids is 1. The molecule has 1 amide bonds. The Hall–Kier alpha value is -2.05. The van der Waals surface area contributed by atoms with E-state index in [1.807, 2.05) is 34.6 Å². The predicted octanol–water partition coefficient (Wildman–Crippen LogP) is 1.32. The number of amides is 1. The fourth-order valence-electron chi connectivity index (χ4n) is 2.40. The first-order chi connectivity index (χ1) is 14.1. The smallest absolute Gasteiger partial charge is 0.410 e. The minimum Gasteiger partial charge on any atom is -0.444 e. The van der Waals surface area contributed by atoms with E-state index in [4.69, 9.17) is 33.9 Å². The lowest BCUT2D eigenvalue weighted by molar-refractivity contribution is -0.0205. The largest absolute Gasteiger partial charge is 0.444 e. The summed E-state index contributed by atoms with van der Waals surface area (Å²) in [5.41, 5.74) is 6.02. The van der Waals surface area contributed by atoms with Gasteiger partial charge in [-0.25, -0.2) is 4.79 Å². The molecule has 1 atom stereocenters. The molecule has 10 nitrogen and oxygen atoms in total. The van der Waals surface area contributed by atoms with Crippen LogP contribution < -0.4 is 21.5 Å². The van der Waals surface area contributed by atoms with Crippen molar-refractivity contribution in [3.8, 4) is 0 Å². The molecule has 1 aliphatic heterocycles. The maximum Gasteiger partial charge on any atom is 0.410 e. The average molecular weight is 460 g/mol. The van der Waals surface area contributed by atoms with E-state index in [1.54, 1.807) is 11.8 Å². The number of morpholine rings is 1. The van der Waals surface area contributed by atoms with E-state index >= 15 is 0 Å². The Morgan fingerprint density at radius 1 is 1.13 bits per heavy atom. The minimum atomic E-state index is -0.579. The van der Waals surface area contributed by atoms with Gasteiger partial charge in [0.1, 0.15) is 17.4 Å². The molecule has 0 aromatic carbocycles. The number of nitrogens with zero attached hydrogens (tertiary/aromatic N) is 3. The molecule has 4 N–H and O–H groups in total. The van der Waals surface area contributed by atoms with Crippen molar-refractivity contribution < 1.29 is 14.3 Å². The van der Waals surface area contributed by atoms with Gasteiger partial charge < -0.3 is 25.0 Å². The molecule has 0 aliphatic carbocycles. The van der Waals surface area contributed by atoms with Crippen LogP contribution in [-0.2, 0) is 9.47 Å². The normalized spacial score (nSPS) is 17.8.